The molecule has 0 spiro atoms. The lowest BCUT2D eigenvalue weighted by Gasteiger charge is -2.13. The molecule has 4 aromatic rings. The van der Waals surface area contributed by atoms with E-state index in [1.807, 2.05) is 30.5 Å². The molecule has 2 aromatic heterocycles. The third kappa shape index (κ3) is 3.47. The van der Waals surface area contributed by atoms with Gasteiger partial charge in [0.2, 0.25) is 0 Å². The number of rotatable bonds is 4. The van der Waals surface area contributed by atoms with Crippen molar-refractivity contribution in [2.45, 2.75) is 19.9 Å². The van der Waals surface area contributed by atoms with Crippen molar-refractivity contribution in [2.75, 3.05) is 13.1 Å². The molecular formula is C25H23N5. The van der Waals surface area contributed by atoms with Crippen LogP contribution in [0.15, 0.2) is 60.8 Å². The average molecular weight is 393 g/mol. The van der Waals surface area contributed by atoms with Crippen LogP contribution in [0.1, 0.15) is 17.5 Å². The van der Waals surface area contributed by atoms with Crippen LogP contribution in [0.2, 0.25) is 0 Å². The van der Waals surface area contributed by atoms with Crippen molar-refractivity contribution in [2.24, 2.45) is 5.92 Å². The molecule has 1 fully saturated rings. The molecule has 1 unspecified atom stereocenters. The summed E-state index contributed by atoms with van der Waals surface area (Å²) in [5.74, 6) is 0.600. The van der Waals surface area contributed by atoms with Gasteiger partial charge in [0.05, 0.1) is 29.0 Å². The van der Waals surface area contributed by atoms with Gasteiger partial charge in [0, 0.05) is 17.7 Å². The van der Waals surface area contributed by atoms with E-state index in [9.17, 15) is 0 Å². The highest BCUT2D eigenvalue weighted by Gasteiger charge is 2.19. The van der Waals surface area contributed by atoms with Gasteiger partial charge in [-0.15, -0.1) is 0 Å². The van der Waals surface area contributed by atoms with E-state index in [0.717, 1.165) is 53.1 Å². The predicted molar refractivity (Wildman–Crippen MR) is 119 cm³/mol. The van der Waals surface area contributed by atoms with Crippen LogP contribution in [-0.4, -0.2) is 27.9 Å². The molecule has 3 heterocycles. The summed E-state index contributed by atoms with van der Waals surface area (Å²) in [6.45, 7) is 5.10. The van der Waals surface area contributed by atoms with Crippen molar-refractivity contribution in [1.29, 1.82) is 5.26 Å². The van der Waals surface area contributed by atoms with E-state index in [2.05, 4.69) is 58.4 Å². The molecule has 0 radical (unpaired) electrons. The maximum Gasteiger partial charge on any atom is 0.109 e. The first-order valence-corrected chi connectivity index (χ1v) is 10.4. The number of hydrogen-bond donors (Lipinski definition) is 1. The van der Waals surface area contributed by atoms with Gasteiger partial charge in [-0.05, 0) is 56.1 Å². The zero-order chi connectivity index (χ0) is 20.5. The fourth-order valence-corrected chi connectivity index (χ4v) is 4.14. The summed E-state index contributed by atoms with van der Waals surface area (Å²) >= 11 is 0. The van der Waals surface area contributed by atoms with Crippen molar-refractivity contribution >= 4 is 11.0 Å². The van der Waals surface area contributed by atoms with Crippen molar-refractivity contribution in [3.63, 3.8) is 0 Å². The van der Waals surface area contributed by atoms with Crippen molar-refractivity contribution < 1.29 is 0 Å². The van der Waals surface area contributed by atoms with E-state index >= 15 is 0 Å². The fraction of sp³-hybridized carbons (Fsp3) is 0.240. The highest BCUT2D eigenvalue weighted by molar-refractivity contribution is 5.90. The summed E-state index contributed by atoms with van der Waals surface area (Å²) in [5, 5.41) is 17.3. The molecule has 148 valence electrons. The Kier molecular flexibility index (Phi) is 4.78. The van der Waals surface area contributed by atoms with E-state index in [1.54, 1.807) is 0 Å². The Hall–Kier alpha value is -3.49. The minimum atomic E-state index is 0.600. The number of aromatic nitrogens is 3. The number of nitrogens with one attached hydrogen (secondary N) is 1. The van der Waals surface area contributed by atoms with Crippen molar-refractivity contribution in [3.8, 4) is 28.5 Å². The highest BCUT2D eigenvalue weighted by Crippen LogP contribution is 2.34. The molecule has 2 aromatic carbocycles. The van der Waals surface area contributed by atoms with Crippen LogP contribution >= 0.6 is 0 Å². The topological polar surface area (TPSA) is 66.5 Å². The zero-order valence-electron chi connectivity index (χ0n) is 17.0. The lowest BCUT2D eigenvalue weighted by Crippen LogP contribution is -2.15. The monoisotopic (exact) mass is 393 g/mol. The van der Waals surface area contributed by atoms with E-state index in [-0.39, 0.29) is 0 Å². The second kappa shape index (κ2) is 7.74. The summed E-state index contributed by atoms with van der Waals surface area (Å²) in [7, 11) is 0. The van der Waals surface area contributed by atoms with Crippen LogP contribution in [-0.2, 0) is 6.54 Å². The Balaban J connectivity index is 1.66. The highest BCUT2D eigenvalue weighted by atomic mass is 15.3. The first-order valence-electron chi connectivity index (χ1n) is 10.4. The van der Waals surface area contributed by atoms with Crippen LogP contribution in [0, 0.1) is 24.2 Å². The largest absolute Gasteiger partial charge is 0.316 e. The van der Waals surface area contributed by atoms with Crippen molar-refractivity contribution in [3.05, 3.63) is 71.9 Å². The summed E-state index contributed by atoms with van der Waals surface area (Å²) in [5.41, 5.74) is 7.97. The zero-order valence-corrected chi connectivity index (χ0v) is 17.0. The van der Waals surface area contributed by atoms with Crippen LogP contribution in [0.5, 0.6) is 0 Å². The summed E-state index contributed by atoms with van der Waals surface area (Å²) in [6.07, 6.45) is 3.05. The Morgan fingerprint density at radius 2 is 1.87 bits per heavy atom. The molecule has 1 atom stereocenters. The van der Waals surface area contributed by atoms with E-state index in [4.69, 9.17) is 10.2 Å². The van der Waals surface area contributed by atoms with E-state index in [1.165, 1.54) is 12.0 Å². The quantitative estimate of drug-likeness (QED) is 0.552. The van der Waals surface area contributed by atoms with E-state index < -0.39 is 0 Å². The molecule has 1 N–H and O–H groups in total. The van der Waals surface area contributed by atoms with Crippen LogP contribution in [0.4, 0.5) is 0 Å². The summed E-state index contributed by atoms with van der Waals surface area (Å²) in [6, 6.07) is 20.6. The molecular weight excluding hydrogens is 370 g/mol. The fourth-order valence-electron chi connectivity index (χ4n) is 4.14. The number of pyridine rings is 1. The van der Waals surface area contributed by atoms with Gasteiger partial charge >= 0.3 is 0 Å². The number of benzene rings is 2. The lowest BCUT2D eigenvalue weighted by atomic mass is 9.97. The first kappa shape index (κ1) is 18.5. The molecule has 0 amide bonds. The van der Waals surface area contributed by atoms with Crippen molar-refractivity contribution in [1.82, 2.24) is 20.1 Å². The van der Waals surface area contributed by atoms with Crippen LogP contribution < -0.4 is 5.32 Å². The molecule has 0 saturated carbocycles. The summed E-state index contributed by atoms with van der Waals surface area (Å²) < 4.78 is 2.09. The molecule has 0 aliphatic carbocycles. The van der Waals surface area contributed by atoms with Gasteiger partial charge in [-0.3, -0.25) is 4.68 Å². The van der Waals surface area contributed by atoms with Gasteiger partial charge in [-0.2, -0.15) is 10.4 Å². The minimum absolute atomic E-state index is 0.600. The molecule has 1 saturated heterocycles. The Labute approximate surface area is 176 Å². The maximum absolute atomic E-state index is 9.16. The second-order valence-corrected chi connectivity index (χ2v) is 8.03. The standard InChI is InChI=1S/C25H23N5/c1-17-2-6-21(7-3-17)25-22(20-8-4-18(13-26)5-9-20)12-24-23(29-25)15-28-30(24)16-19-10-11-27-14-19/h2-9,12,15,19,27H,10-11,14,16H2,1H3. The normalized spacial score (nSPS) is 16.1. The van der Waals surface area contributed by atoms with Gasteiger partial charge in [0.15, 0.2) is 0 Å². The van der Waals surface area contributed by atoms with Crippen LogP contribution in [0.3, 0.4) is 0 Å². The first-order chi connectivity index (χ1) is 14.7. The third-order valence-corrected chi connectivity index (χ3v) is 5.87. The molecule has 0 bridgehead atoms. The number of fused-ring (bicyclic) bond motifs is 1. The van der Waals surface area contributed by atoms with Crippen LogP contribution in [0.25, 0.3) is 33.4 Å². The van der Waals surface area contributed by atoms with E-state index in [0.29, 0.717) is 11.5 Å². The lowest BCUT2D eigenvalue weighted by molar-refractivity contribution is 0.459. The second-order valence-electron chi connectivity index (χ2n) is 8.03. The number of hydrogen-bond acceptors (Lipinski definition) is 4. The molecule has 1 aliphatic rings. The number of aryl methyl sites for hydroxylation is 1. The third-order valence-electron chi connectivity index (χ3n) is 5.87. The summed E-state index contributed by atoms with van der Waals surface area (Å²) in [4.78, 5) is 5.03. The molecule has 5 heteroatoms. The van der Waals surface area contributed by atoms with Gasteiger partial charge in [-0.1, -0.05) is 42.0 Å². The Morgan fingerprint density at radius 1 is 1.10 bits per heavy atom. The van der Waals surface area contributed by atoms with Gasteiger partial charge in [0.1, 0.15) is 5.52 Å². The van der Waals surface area contributed by atoms with Gasteiger partial charge in [0.25, 0.3) is 0 Å². The molecule has 1 aliphatic heterocycles. The molecule has 5 rings (SSSR count). The number of nitriles is 1. The smallest absolute Gasteiger partial charge is 0.109 e. The minimum Gasteiger partial charge on any atom is -0.316 e. The Bertz CT molecular complexity index is 1220. The molecule has 5 nitrogen and oxygen atoms in total. The molecule has 30 heavy (non-hydrogen) atoms. The van der Waals surface area contributed by atoms with Gasteiger partial charge in [-0.25, -0.2) is 4.98 Å². The Morgan fingerprint density at radius 3 is 2.57 bits per heavy atom. The predicted octanol–water partition coefficient (Wildman–Crippen LogP) is 4.55. The SMILES string of the molecule is Cc1ccc(-c2nc3cnn(CC4CCNC4)c3cc2-c2ccc(C#N)cc2)cc1. The number of nitrogens with zero attached hydrogens (tertiary/aromatic N) is 4. The van der Waals surface area contributed by atoms with Gasteiger partial charge < -0.3 is 5.32 Å². The average Bonchev–Trinajstić information content (AvgIpc) is 3.44. The maximum atomic E-state index is 9.16.